The Hall–Kier alpha value is -3.30. The monoisotopic (exact) mass is 470 g/mol. The van der Waals surface area contributed by atoms with Gasteiger partial charge < -0.3 is 19.2 Å². The second-order valence-corrected chi connectivity index (χ2v) is 9.79. The van der Waals surface area contributed by atoms with Crippen molar-refractivity contribution in [2.75, 3.05) is 13.2 Å². The molecule has 1 atom stereocenters. The fourth-order valence-electron chi connectivity index (χ4n) is 3.56. The standard InChI is InChI=1S/C24H26N2O6S/c1-16(2)23(18-7-10-21-22(14-18)32-13-12-31-21)26-24(27)17-5-8-20(9-6-17)33(28,29)25-15-19-4-3-11-30-19/h3-11,14,16,23,25H,12-13,15H2,1-2H3,(H,26,27)/t23-/m1/s1. The molecule has 0 unspecified atom stereocenters. The second-order valence-electron chi connectivity index (χ2n) is 8.03. The molecule has 9 heteroatoms. The topological polar surface area (TPSA) is 107 Å². The quantitative estimate of drug-likeness (QED) is 0.520. The maximum Gasteiger partial charge on any atom is 0.251 e. The average Bonchev–Trinajstić information content (AvgIpc) is 3.34. The normalized spacial score (nSPS) is 14.2. The van der Waals surface area contributed by atoms with E-state index in [2.05, 4.69) is 10.0 Å². The van der Waals surface area contributed by atoms with Gasteiger partial charge in [-0.3, -0.25) is 4.79 Å². The van der Waals surface area contributed by atoms with Crippen molar-refractivity contribution in [2.45, 2.75) is 31.3 Å². The first kappa shape index (κ1) is 22.9. The summed E-state index contributed by atoms with van der Waals surface area (Å²) >= 11 is 0. The third kappa shape index (κ3) is 5.37. The molecule has 0 bridgehead atoms. The number of ether oxygens (including phenoxy) is 2. The summed E-state index contributed by atoms with van der Waals surface area (Å²) in [5.74, 6) is 1.68. The van der Waals surface area contributed by atoms with Gasteiger partial charge in [-0.15, -0.1) is 0 Å². The Bertz CT molecular complexity index is 1200. The number of hydrogen-bond acceptors (Lipinski definition) is 6. The first-order valence-corrected chi connectivity index (χ1v) is 12.1. The minimum absolute atomic E-state index is 0.0448. The summed E-state index contributed by atoms with van der Waals surface area (Å²) in [5, 5.41) is 3.04. The van der Waals surface area contributed by atoms with Gasteiger partial charge in [0.1, 0.15) is 19.0 Å². The molecule has 0 spiro atoms. The molecule has 2 heterocycles. The number of hydrogen-bond donors (Lipinski definition) is 2. The van der Waals surface area contributed by atoms with Crippen LogP contribution < -0.4 is 19.5 Å². The number of sulfonamides is 1. The number of furan rings is 1. The molecule has 1 aliphatic heterocycles. The molecule has 2 aromatic carbocycles. The maximum absolute atomic E-state index is 12.9. The molecular weight excluding hydrogens is 444 g/mol. The lowest BCUT2D eigenvalue weighted by Gasteiger charge is -2.25. The van der Waals surface area contributed by atoms with Crippen molar-refractivity contribution >= 4 is 15.9 Å². The number of rotatable bonds is 8. The van der Waals surface area contributed by atoms with Crippen molar-refractivity contribution < 1.29 is 27.1 Å². The lowest BCUT2D eigenvalue weighted by molar-refractivity contribution is 0.0925. The van der Waals surface area contributed by atoms with Gasteiger partial charge in [-0.05, 0) is 60.0 Å². The highest BCUT2D eigenvalue weighted by molar-refractivity contribution is 7.89. The summed E-state index contributed by atoms with van der Waals surface area (Å²) in [4.78, 5) is 13.0. The molecule has 0 saturated carbocycles. The Morgan fingerprint density at radius 3 is 2.39 bits per heavy atom. The van der Waals surface area contributed by atoms with Crippen molar-refractivity contribution in [1.82, 2.24) is 10.0 Å². The van der Waals surface area contributed by atoms with E-state index in [0.717, 1.165) is 5.56 Å². The molecule has 0 aliphatic carbocycles. The lowest BCUT2D eigenvalue weighted by atomic mass is 9.95. The largest absolute Gasteiger partial charge is 0.486 e. The third-order valence-corrected chi connectivity index (χ3v) is 6.74. The van der Waals surface area contributed by atoms with Crippen LogP contribution in [0.5, 0.6) is 11.5 Å². The van der Waals surface area contributed by atoms with Gasteiger partial charge in [0.05, 0.1) is 23.7 Å². The Kier molecular flexibility index (Phi) is 6.71. The summed E-state index contributed by atoms with van der Waals surface area (Å²) in [7, 11) is -3.73. The molecule has 3 aromatic rings. The van der Waals surface area contributed by atoms with Gasteiger partial charge in [0.2, 0.25) is 10.0 Å². The lowest BCUT2D eigenvalue weighted by Crippen LogP contribution is -2.32. The van der Waals surface area contributed by atoms with Crippen LogP contribution in [0, 0.1) is 5.92 Å². The van der Waals surface area contributed by atoms with Crippen LogP contribution in [-0.4, -0.2) is 27.5 Å². The Balaban J connectivity index is 1.45. The van der Waals surface area contributed by atoms with E-state index in [0.29, 0.717) is 36.0 Å². The summed E-state index contributed by atoms with van der Waals surface area (Å²) in [5.41, 5.74) is 1.27. The van der Waals surface area contributed by atoms with Gasteiger partial charge in [-0.1, -0.05) is 19.9 Å². The fraction of sp³-hybridized carbons (Fsp3) is 0.292. The molecule has 0 radical (unpaired) electrons. The Morgan fingerprint density at radius 1 is 1.00 bits per heavy atom. The molecule has 1 amide bonds. The molecule has 0 fully saturated rings. The van der Waals surface area contributed by atoms with Gasteiger partial charge in [0.25, 0.3) is 5.91 Å². The van der Waals surface area contributed by atoms with Gasteiger partial charge in [0, 0.05) is 5.56 Å². The van der Waals surface area contributed by atoms with Gasteiger partial charge in [-0.2, -0.15) is 0 Å². The average molecular weight is 471 g/mol. The Labute approximate surface area is 193 Å². The summed E-state index contributed by atoms with van der Waals surface area (Å²) in [6, 6.07) is 14.6. The number of carbonyl (C=O) groups excluding carboxylic acids is 1. The van der Waals surface area contributed by atoms with E-state index >= 15 is 0 Å². The predicted octanol–water partition coefficient (Wildman–Crippen LogP) is 3.66. The van der Waals surface area contributed by atoms with Gasteiger partial charge in [0.15, 0.2) is 11.5 Å². The van der Waals surface area contributed by atoms with Crippen LogP contribution in [-0.2, 0) is 16.6 Å². The van der Waals surface area contributed by atoms with Crippen molar-refractivity contribution in [3.05, 3.63) is 77.7 Å². The molecule has 1 aliphatic rings. The first-order valence-electron chi connectivity index (χ1n) is 10.7. The second kappa shape index (κ2) is 9.68. The number of fused-ring (bicyclic) bond motifs is 1. The van der Waals surface area contributed by atoms with Crippen LogP contribution in [0.2, 0.25) is 0 Å². The van der Waals surface area contributed by atoms with Crippen LogP contribution in [0.4, 0.5) is 0 Å². The van der Waals surface area contributed by atoms with Crippen LogP contribution in [0.3, 0.4) is 0 Å². The number of amides is 1. The third-order valence-electron chi connectivity index (χ3n) is 5.32. The number of benzene rings is 2. The number of nitrogens with one attached hydrogen (secondary N) is 2. The van der Waals surface area contributed by atoms with Gasteiger partial charge >= 0.3 is 0 Å². The van der Waals surface area contributed by atoms with Crippen LogP contribution in [0.25, 0.3) is 0 Å². The molecule has 1 aromatic heterocycles. The van der Waals surface area contributed by atoms with E-state index in [4.69, 9.17) is 13.9 Å². The van der Waals surface area contributed by atoms with E-state index in [1.807, 2.05) is 32.0 Å². The molecule has 33 heavy (non-hydrogen) atoms. The van der Waals surface area contributed by atoms with E-state index < -0.39 is 10.0 Å². The first-order chi connectivity index (χ1) is 15.8. The number of carbonyl (C=O) groups is 1. The van der Waals surface area contributed by atoms with E-state index in [9.17, 15) is 13.2 Å². The minimum Gasteiger partial charge on any atom is -0.486 e. The van der Waals surface area contributed by atoms with Crippen molar-refractivity contribution in [3.8, 4) is 11.5 Å². The van der Waals surface area contributed by atoms with Crippen molar-refractivity contribution in [2.24, 2.45) is 5.92 Å². The van der Waals surface area contributed by atoms with E-state index in [-0.39, 0.29) is 29.3 Å². The fourth-order valence-corrected chi connectivity index (χ4v) is 4.55. The molecular formula is C24H26N2O6S. The van der Waals surface area contributed by atoms with Crippen LogP contribution in [0.1, 0.15) is 41.6 Å². The van der Waals surface area contributed by atoms with E-state index in [1.54, 1.807) is 12.1 Å². The van der Waals surface area contributed by atoms with Gasteiger partial charge in [-0.25, -0.2) is 13.1 Å². The maximum atomic E-state index is 12.9. The van der Waals surface area contributed by atoms with E-state index in [1.165, 1.54) is 30.5 Å². The van der Waals surface area contributed by atoms with Crippen LogP contribution >= 0.6 is 0 Å². The predicted molar refractivity (Wildman–Crippen MR) is 122 cm³/mol. The molecule has 8 nitrogen and oxygen atoms in total. The smallest absolute Gasteiger partial charge is 0.251 e. The van der Waals surface area contributed by atoms with Crippen LogP contribution in [0.15, 0.2) is 70.2 Å². The molecule has 2 N–H and O–H groups in total. The highest BCUT2D eigenvalue weighted by Gasteiger charge is 2.22. The minimum atomic E-state index is -3.73. The summed E-state index contributed by atoms with van der Waals surface area (Å²) < 4.78 is 43.9. The van der Waals surface area contributed by atoms with Crippen molar-refractivity contribution in [3.63, 3.8) is 0 Å². The Morgan fingerprint density at radius 2 is 1.73 bits per heavy atom. The summed E-state index contributed by atoms with van der Waals surface area (Å²) in [6.07, 6.45) is 1.48. The molecule has 0 saturated heterocycles. The SMILES string of the molecule is CC(C)[C@@H](NC(=O)c1ccc(S(=O)(=O)NCc2ccco2)cc1)c1ccc2c(c1)OCCO2. The zero-order chi connectivity index (χ0) is 23.4. The molecule has 4 rings (SSSR count). The molecule has 174 valence electrons. The highest BCUT2D eigenvalue weighted by atomic mass is 32.2. The zero-order valence-corrected chi connectivity index (χ0v) is 19.2. The highest BCUT2D eigenvalue weighted by Crippen LogP contribution is 2.34. The summed E-state index contributed by atoms with van der Waals surface area (Å²) in [6.45, 7) is 5.08. The zero-order valence-electron chi connectivity index (χ0n) is 18.4. The van der Waals surface area contributed by atoms with Crippen molar-refractivity contribution in [1.29, 1.82) is 0 Å².